The van der Waals surface area contributed by atoms with Gasteiger partial charge in [0, 0.05) is 19.2 Å². The Kier molecular flexibility index (Phi) is 4.73. The molecule has 1 heterocycles. The number of carbonyl (C=O) groups is 1. The third-order valence-electron chi connectivity index (χ3n) is 2.95. The fraction of sp³-hybridized carbons (Fsp3) is 0.900. The molecule has 0 atom stereocenters. The van der Waals surface area contributed by atoms with Crippen molar-refractivity contribution in [2.24, 2.45) is 5.92 Å². The molecular weight excluding hydrogens is 230 g/mol. The molecule has 5 nitrogen and oxygen atoms in total. The summed E-state index contributed by atoms with van der Waals surface area (Å²) < 4.78 is 22.0. The van der Waals surface area contributed by atoms with Crippen LogP contribution in [-0.2, 0) is 14.6 Å². The molecule has 0 bridgehead atoms. The van der Waals surface area contributed by atoms with E-state index in [9.17, 15) is 13.2 Å². The van der Waals surface area contributed by atoms with Crippen LogP contribution in [0.15, 0.2) is 0 Å². The van der Waals surface area contributed by atoms with Crippen molar-refractivity contribution in [3.8, 4) is 0 Å². The summed E-state index contributed by atoms with van der Waals surface area (Å²) in [5.41, 5.74) is 0. The van der Waals surface area contributed by atoms with Gasteiger partial charge in [-0.05, 0) is 31.8 Å². The minimum atomic E-state index is -2.89. The molecule has 1 saturated heterocycles. The number of hydrogen-bond donors (Lipinski definition) is 1. The first-order chi connectivity index (χ1) is 7.37. The molecule has 1 aliphatic heterocycles. The minimum Gasteiger partial charge on any atom is -0.481 e. The van der Waals surface area contributed by atoms with Gasteiger partial charge in [-0.3, -0.25) is 4.79 Å². The SMILES string of the molecule is CS(=O)(=O)CCN1CCC(CC(=O)O)CC1. The molecule has 6 heteroatoms. The molecule has 1 fully saturated rings. The second kappa shape index (κ2) is 5.63. The van der Waals surface area contributed by atoms with E-state index in [2.05, 4.69) is 4.90 Å². The number of hydrogen-bond acceptors (Lipinski definition) is 4. The van der Waals surface area contributed by atoms with Crippen LogP contribution in [0, 0.1) is 5.92 Å². The Morgan fingerprint density at radius 1 is 1.38 bits per heavy atom. The number of carboxylic acids is 1. The summed E-state index contributed by atoms with van der Waals surface area (Å²) in [7, 11) is -2.89. The van der Waals surface area contributed by atoms with Gasteiger partial charge in [-0.25, -0.2) is 8.42 Å². The van der Waals surface area contributed by atoms with E-state index >= 15 is 0 Å². The van der Waals surface area contributed by atoms with Gasteiger partial charge in [0.2, 0.25) is 0 Å². The molecule has 0 aromatic rings. The Labute approximate surface area is 96.4 Å². The van der Waals surface area contributed by atoms with E-state index in [1.54, 1.807) is 0 Å². The van der Waals surface area contributed by atoms with Crippen molar-refractivity contribution >= 4 is 15.8 Å². The van der Waals surface area contributed by atoms with Crippen LogP contribution in [0.1, 0.15) is 19.3 Å². The van der Waals surface area contributed by atoms with E-state index in [0.717, 1.165) is 25.9 Å². The quantitative estimate of drug-likeness (QED) is 0.754. The predicted molar refractivity (Wildman–Crippen MR) is 61.1 cm³/mol. The number of carboxylic acid groups (broad SMARTS) is 1. The van der Waals surface area contributed by atoms with Crippen LogP contribution in [0.5, 0.6) is 0 Å². The van der Waals surface area contributed by atoms with E-state index in [4.69, 9.17) is 5.11 Å². The Hall–Kier alpha value is -0.620. The van der Waals surface area contributed by atoms with Crippen molar-refractivity contribution in [3.63, 3.8) is 0 Å². The van der Waals surface area contributed by atoms with Crippen molar-refractivity contribution in [2.45, 2.75) is 19.3 Å². The number of likely N-dealkylation sites (tertiary alicyclic amines) is 1. The average molecular weight is 249 g/mol. The standard InChI is InChI=1S/C10H19NO4S/c1-16(14,15)7-6-11-4-2-9(3-5-11)8-10(12)13/h9H,2-8H2,1H3,(H,12,13). The van der Waals surface area contributed by atoms with Crippen molar-refractivity contribution in [1.82, 2.24) is 4.90 Å². The fourth-order valence-electron chi connectivity index (χ4n) is 1.96. The first kappa shape index (κ1) is 13.4. The average Bonchev–Trinajstić information content (AvgIpc) is 2.14. The van der Waals surface area contributed by atoms with Gasteiger partial charge in [0.25, 0.3) is 0 Å². The molecule has 1 rings (SSSR count). The van der Waals surface area contributed by atoms with Crippen LogP contribution in [0.3, 0.4) is 0 Å². The van der Waals surface area contributed by atoms with E-state index in [0.29, 0.717) is 6.54 Å². The van der Waals surface area contributed by atoms with Gasteiger partial charge in [0.05, 0.1) is 5.75 Å². The minimum absolute atomic E-state index is 0.191. The molecule has 0 aromatic carbocycles. The van der Waals surface area contributed by atoms with Crippen LogP contribution < -0.4 is 0 Å². The van der Waals surface area contributed by atoms with Crippen LogP contribution in [0.4, 0.5) is 0 Å². The molecule has 0 saturated carbocycles. The molecule has 0 amide bonds. The van der Waals surface area contributed by atoms with Crippen molar-refractivity contribution < 1.29 is 18.3 Å². The van der Waals surface area contributed by atoms with Crippen molar-refractivity contribution in [1.29, 1.82) is 0 Å². The van der Waals surface area contributed by atoms with E-state index < -0.39 is 15.8 Å². The molecule has 0 aromatic heterocycles. The third kappa shape index (κ3) is 5.46. The maximum absolute atomic E-state index is 11.0. The number of aliphatic carboxylic acids is 1. The Morgan fingerprint density at radius 2 is 1.94 bits per heavy atom. The lowest BCUT2D eigenvalue weighted by Gasteiger charge is -2.30. The molecule has 1 aliphatic rings. The van der Waals surface area contributed by atoms with Gasteiger partial charge < -0.3 is 10.0 Å². The maximum Gasteiger partial charge on any atom is 0.303 e. The van der Waals surface area contributed by atoms with Gasteiger partial charge in [-0.1, -0.05) is 0 Å². The number of nitrogens with zero attached hydrogens (tertiary/aromatic N) is 1. The highest BCUT2D eigenvalue weighted by Crippen LogP contribution is 2.20. The number of sulfone groups is 1. The Bertz CT molecular complexity index is 331. The summed E-state index contributed by atoms with van der Waals surface area (Å²) in [6.45, 7) is 2.19. The topological polar surface area (TPSA) is 74.7 Å². The van der Waals surface area contributed by atoms with E-state index in [-0.39, 0.29) is 18.1 Å². The molecule has 0 unspecified atom stereocenters. The van der Waals surface area contributed by atoms with Crippen LogP contribution in [0.2, 0.25) is 0 Å². The lowest BCUT2D eigenvalue weighted by atomic mass is 9.94. The monoisotopic (exact) mass is 249 g/mol. The van der Waals surface area contributed by atoms with E-state index in [1.165, 1.54) is 6.26 Å². The lowest BCUT2D eigenvalue weighted by Crippen LogP contribution is -2.37. The zero-order valence-corrected chi connectivity index (χ0v) is 10.4. The largest absolute Gasteiger partial charge is 0.481 e. The second-order valence-corrected chi connectivity index (χ2v) is 6.77. The normalized spacial score (nSPS) is 19.8. The summed E-state index contributed by atoms with van der Waals surface area (Å²) in [4.78, 5) is 12.6. The van der Waals surface area contributed by atoms with Crippen molar-refractivity contribution in [3.05, 3.63) is 0 Å². The summed E-state index contributed by atoms with van der Waals surface area (Å²) in [6, 6.07) is 0. The Morgan fingerprint density at radius 3 is 2.38 bits per heavy atom. The number of rotatable bonds is 5. The van der Waals surface area contributed by atoms with Gasteiger partial charge >= 0.3 is 5.97 Å². The smallest absolute Gasteiger partial charge is 0.303 e. The van der Waals surface area contributed by atoms with Crippen LogP contribution in [-0.4, -0.2) is 56.0 Å². The first-order valence-corrected chi connectivity index (χ1v) is 7.55. The van der Waals surface area contributed by atoms with Gasteiger partial charge in [0.1, 0.15) is 9.84 Å². The fourth-order valence-corrected chi connectivity index (χ4v) is 2.55. The second-order valence-electron chi connectivity index (χ2n) is 4.51. The third-order valence-corrected chi connectivity index (χ3v) is 3.87. The van der Waals surface area contributed by atoms with Gasteiger partial charge in [0.15, 0.2) is 0 Å². The molecule has 1 N–H and O–H groups in total. The highest BCUT2D eigenvalue weighted by molar-refractivity contribution is 7.90. The predicted octanol–water partition coefficient (Wildman–Crippen LogP) is 0.218. The summed E-state index contributed by atoms with van der Waals surface area (Å²) in [5, 5.41) is 8.65. The highest BCUT2D eigenvalue weighted by atomic mass is 32.2. The first-order valence-electron chi connectivity index (χ1n) is 5.48. The van der Waals surface area contributed by atoms with Crippen LogP contribution >= 0.6 is 0 Å². The molecule has 0 radical (unpaired) electrons. The molecule has 0 aliphatic carbocycles. The molecule has 0 spiro atoms. The maximum atomic E-state index is 11.0. The zero-order chi connectivity index (χ0) is 12.2. The molecule has 16 heavy (non-hydrogen) atoms. The zero-order valence-electron chi connectivity index (χ0n) is 9.55. The summed E-state index contributed by atoms with van der Waals surface area (Å²) in [5.74, 6) is -0.294. The molecular formula is C10H19NO4S. The highest BCUT2D eigenvalue weighted by Gasteiger charge is 2.21. The van der Waals surface area contributed by atoms with E-state index in [1.807, 2.05) is 0 Å². The Balaban J connectivity index is 2.24. The van der Waals surface area contributed by atoms with Gasteiger partial charge in [-0.15, -0.1) is 0 Å². The molecule has 94 valence electrons. The lowest BCUT2D eigenvalue weighted by molar-refractivity contribution is -0.138. The van der Waals surface area contributed by atoms with Crippen molar-refractivity contribution in [2.75, 3.05) is 31.6 Å². The summed E-state index contributed by atoms with van der Waals surface area (Å²) in [6.07, 6.45) is 3.19. The van der Waals surface area contributed by atoms with Gasteiger partial charge in [-0.2, -0.15) is 0 Å². The van der Waals surface area contributed by atoms with Crippen LogP contribution in [0.25, 0.3) is 0 Å². The summed E-state index contributed by atoms with van der Waals surface area (Å²) >= 11 is 0. The number of piperidine rings is 1.